The molecule has 1 heterocycles. The zero-order valence-corrected chi connectivity index (χ0v) is 11.7. The fraction of sp³-hybridized carbons (Fsp3) is 0.353. The van der Waals surface area contributed by atoms with Crippen LogP contribution in [0.15, 0.2) is 42.7 Å². The highest BCUT2D eigenvalue weighted by molar-refractivity contribution is 5.38. The Kier molecular flexibility index (Phi) is 3.70. The zero-order chi connectivity index (χ0) is 13.9. The molecule has 0 aliphatic heterocycles. The van der Waals surface area contributed by atoms with Gasteiger partial charge in [-0.15, -0.1) is 0 Å². The number of fused-ring (bicyclic) bond motifs is 1. The van der Waals surface area contributed by atoms with Crippen molar-refractivity contribution in [3.63, 3.8) is 0 Å². The maximum absolute atomic E-state index is 9.61. The predicted molar refractivity (Wildman–Crippen MR) is 79.6 cm³/mol. The fourth-order valence-electron chi connectivity index (χ4n) is 3.02. The third-order valence-corrected chi connectivity index (χ3v) is 4.10. The molecular formula is C17H20N2O. The Balaban J connectivity index is 1.80. The molecule has 20 heavy (non-hydrogen) atoms. The average molecular weight is 268 g/mol. The number of phenolic OH excluding ortho intramolecular Hbond substituents is 1. The van der Waals surface area contributed by atoms with Gasteiger partial charge in [0.15, 0.2) is 0 Å². The maximum atomic E-state index is 9.61. The van der Waals surface area contributed by atoms with E-state index in [2.05, 4.69) is 35.4 Å². The van der Waals surface area contributed by atoms with E-state index >= 15 is 0 Å². The number of aromatic nitrogens is 1. The van der Waals surface area contributed by atoms with Gasteiger partial charge in [0.1, 0.15) is 5.75 Å². The van der Waals surface area contributed by atoms with Crippen molar-refractivity contribution >= 4 is 0 Å². The molecule has 1 aliphatic carbocycles. The van der Waals surface area contributed by atoms with E-state index in [0.29, 0.717) is 17.8 Å². The first-order valence-electron chi connectivity index (χ1n) is 7.22. The minimum Gasteiger partial charge on any atom is -0.508 e. The van der Waals surface area contributed by atoms with Crippen molar-refractivity contribution in [1.82, 2.24) is 10.3 Å². The third-order valence-electron chi connectivity index (χ3n) is 4.10. The van der Waals surface area contributed by atoms with Crippen LogP contribution in [0.25, 0.3) is 0 Å². The van der Waals surface area contributed by atoms with E-state index in [1.54, 1.807) is 6.07 Å². The van der Waals surface area contributed by atoms with Gasteiger partial charge in [0.05, 0.1) is 0 Å². The van der Waals surface area contributed by atoms with Gasteiger partial charge in [-0.1, -0.05) is 6.07 Å². The van der Waals surface area contributed by atoms with Crippen LogP contribution in [0.1, 0.15) is 48.5 Å². The number of aryl methyl sites for hydroxylation is 1. The van der Waals surface area contributed by atoms with Crippen molar-refractivity contribution in [1.29, 1.82) is 0 Å². The first-order valence-corrected chi connectivity index (χ1v) is 7.22. The second-order valence-electron chi connectivity index (χ2n) is 5.50. The second kappa shape index (κ2) is 5.63. The van der Waals surface area contributed by atoms with Gasteiger partial charge >= 0.3 is 0 Å². The molecular weight excluding hydrogens is 248 g/mol. The Morgan fingerprint density at radius 1 is 1.25 bits per heavy atom. The molecule has 1 aromatic heterocycles. The molecule has 2 atom stereocenters. The lowest BCUT2D eigenvalue weighted by molar-refractivity contribution is 0.412. The number of phenols is 1. The Hall–Kier alpha value is -1.87. The van der Waals surface area contributed by atoms with Crippen LogP contribution in [-0.4, -0.2) is 10.1 Å². The molecule has 0 radical (unpaired) electrons. The van der Waals surface area contributed by atoms with E-state index in [4.69, 9.17) is 0 Å². The largest absolute Gasteiger partial charge is 0.508 e. The standard InChI is InChI=1S/C17H20N2O/c1-12(13-7-9-18-10-8-13)19-17-4-2-3-14-11-15(20)5-6-16(14)17/h5-12,17,19-20H,2-4H2,1H3/t12-,17?/m1/s1. The highest BCUT2D eigenvalue weighted by Crippen LogP contribution is 2.33. The molecule has 0 amide bonds. The second-order valence-corrected chi connectivity index (χ2v) is 5.50. The van der Waals surface area contributed by atoms with E-state index in [0.717, 1.165) is 19.3 Å². The smallest absolute Gasteiger partial charge is 0.115 e. The molecule has 3 nitrogen and oxygen atoms in total. The number of nitrogens with one attached hydrogen (secondary N) is 1. The summed E-state index contributed by atoms with van der Waals surface area (Å²) in [5.74, 6) is 0.367. The van der Waals surface area contributed by atoms with E-state index in [9.17, 15) is 5.11 Å². The highest BCUT2D eigenvalue weighted by atomic mass is 16.3. The van der Waals surface area contributed by atoms with Gasteiger partial charge in [0.25, 0.3) is 0 Å². The summed E-state index contributed by atoms with van der Waals surface area (Å²) in [5.41, 5.74) is 3.86. The Labute approximate surface area is 119 Å². The Morgan fingerprint density at radius 2 is 2.05 bits per heavy atom. The van der Waals surface area contributed by atoms with E-state index in [1.807, 2.05) is 18.5 Å². The first-order chi connectivity index (χ1) is 9.74. The van der Waals surface area contributed by atoms with Crippen LogP contribution in [0.4, 0.5) is 0 Å². The van der Waals surface area contributed by atoms with Crippen molar-refractivity contribution in [2.75, 3.05) is 0 Å². The van der Waals surface area contributed by atoms with E-state index in [1.165, 1.54) is 16.7 Å². The summed E-state index contributed by atoms with van der Waals surface area (Å²) in [7, 11) is 0. The maximum Gasteiger partial charge on any atom is 0.115 e. The highest BCUT2D eigenvalue weighted by Gasteiger charge is 2.22. The molecule has 2 N–H and O–H groups in total. The first kappa shape index (κ1) is 13.1. The Morgan fingerprint density at radius 3 is 2.85 bits per heavy atom. The van der Waals surface area contributed by atoms with E-state index in [-0.39, 0.29) is 0 Å². The molecule has 1 unspecified atom stereocenters. The topological polar surface area (TPSA) is 45.1 Å². The van der Waals surface area contributed by atoms with Crippen LogP contribution in [0, 0.1) is 0 Å². The van der Waals surface area contributed by atoms with Gasteiger partial charge < -0.3 is 10.4 Å². The number of hydrogen-bond acceptors (Lipinski definition) is 3. The Bertz CT molecular complexity index is 583. The lowest BCUT2D eigenvalue weighted by Crippen LogP contribution is -2.27. The van der Waals surface area contributed by atoms with Crippen molar-refractivity contribution in [3.8, 4) is 5.75 Å². The molecule has 3 rings (SSSR count). The van der Waals surface area contributed by atoms with Crippen LogP contribution in [0.5, 0.6) is 5.75 Å². The summed E-state index contributed by atoms with van der Waals surface area (Å²) >= 11 is 0. The molecule has 3 heteroatoms. The van der Waals surface area contributed by atoms with Crippen LogP contribution in [0.3, 0.4) is 0 Å². The molecule has 0 bridgehead atoms. The van der Waals surface area contributed by atoms with Crippen LogP contribution >= 0.6 is 0 Å². The zero-order valence-electron chi connectivity index (χ0n) is 11.7. The summed E-state index contributed by atoms with van der Waals surface area (Å²) in [6, 6.07) is 10.5. The summed E-state index contributed by atoms with van der Waals surface area (Å²) in [5, 5.41) is 13.3. The molecule has 2 aromatic rings. The molecule has 104 valence electrons. The lowest BCUT2D eigenvalue weighted by atomic mass is 9.87. The van der Waals surface area contributed by atoms with Crippen LogP contribution < -0.4 is 5.32 Å². The minimum atomic E-state index is 0.294. The molecule has 1 aromatic carbocycles. The predicted octanol–water partition coefficient (Wildman–Crippen LogP) is 3.52. The number of hydrogen-bond donors (Lipinski definition) is 2. The van der Waals surface area contributed by atoms with E-state index < -0.39 is 0 Å². The van der Waals surface area contributed by atoms with Gasteiger partial charge in [0, 0.05) is 24.5 Å². The number of pyridine rings is 1. The number of aromatic hydroxyl groups is 1. The number of benzene rings is 1. The van der Waals surface area contributed by atoms with Crippen molar-refractivity contribution in [3.05, 3.63) is 59.4 Å². The van der Waals surface area contributed by atoms with Crippen molar-refractivity contribution < 1.29 is 5.11 Å². The summed E-state index contributed by atoms with van der Waals surface area (Å²) in [6.07, 6.45) is 7.04. The SMILES string of the molecule is C[C@@H](NC1CCCc2cc(O)ccc21)c1ccncc1. The number of rotatable bonds is 3. The minimum absolute atomic E-state index is 0.294. The molecule has 0 saturated carbocycles. The quantitative estimate of drug-likeness (QED) is 0.895. The number of nitrogens with zero attached hydrogens (tertiary/aromatic N) is 1. The molecule has 1 aliphatic rings. The van der Waals surface area contributed by atoms with Crippen molar-refractivity contribution in [2.24, 2.45) is 0 Å². The van der Waals surface area contributed by atoms with Crippen LogP contribution in [0.2, 0.25) is 0 Å². The van der Waals surface area contributed by atoms with Gasteiger partial charge in [-0.3, -0.25) is 4.98 Å². The summed E-state index contributed by atoms with van der Waals surface area (Å²) in [6.45, 7) is 2.18. The van der Waals surface area contributed by atoms with Crippen LogP contribution in [-0.2, 0) is 6.42 Å². The molecule has 0 fully saturated rings. The monoisotopic (exact) mass is 268 g/mol. The van der Waals surface area contributed by atoms with Gasteiger partial charge in [-0.25, -0.2) is 0 Å². The molecule has 0 spiro atoms. The average Bonchev–Trinajstić information content (AvgIpc) is 2.48. The van der Waals surface area contributed by atoms with Crippen molar-refractivity contribution in [2.45, 2.75) is 38.3 Å². The summed E-state index contributed by atoms with van der Waals surface area (Å²) in [4.78, 5) is 4.06. The summed E-state index contributed by atoms with van der Waals surface area (Å²) < 4.78 is 0. The third kappa shape index (κ3) is 2.68. The molecule has 0 saturated heterocycles. The fourth-order valence-corrected chi connectivity index (χ4v) is 3.02. The van der Waals surface area contributed by atoms with Gasteiger partial charge in [-0.2, -0.15) is 0 Å². The van der Waals surface area contributed by atoms with Gasteiger partial charge in [0.2, 0.25) is 0 Å². The van der Waals surface area contributed by atoms with Gasteiger partial charge in [-0.05, 0) is 67.1 Å². The normalized spacial score (nSPS) is 19.4. The lowest BCUT2D eigenvalue weighted by Gasteiger charge is -2.29.